The minimum atomic E-state index is 1.06. The van der Waals surface area contributed by atoms with Crippen molar-refractivity contribution in [2.75, 3.05) is 38.0 Å². The van der Waals surface area contributed by atoms with E-state index < -0.39 is 0 Å². The molecular formula is C16H30N6. The molecule has 22 heavy (non-hydrogen) atoms. The standard InChI is InChI=1S/2C8H15N3/c1-6-7(2)11(5)9-8(6)10(3)4;1-6-7(2)9-11(5)8(6)10(3)4/h2*1-5H3. The largest absolute Gasteiger partial charge is 0.363 e. The minimum absolute atomic E-state index is 1.06. The number of hydrogen-bond donors (Lipinski definition) is 0. The van der Waals surface area contributed by atoms with Crippen molar-refractivity contribution >= 4 is 11.6 Å². The van der Waals surface area contributed by atoms with Crippen molar-refractivity contribution in [2.45, 2.75) is 27.7 Å². The molecule has 0 aliphatic heterocycles. The molecule has 0 spiro atoms. The van der Waals surface area contributed by atoms with E-state index in [0.717, 1.165) is 11.5 Å². The van der Waals surface area contributed by atoms with Gasteiger partial charge in [0, 0.05) is 59.1 Å². The Bertz CT molecular complexity index is 634. The molecule has 2 rings (SSSR count). The number of anilines is 2. The highest BCUT2D eigenvalue weighted by atomic mass is 15.4. The van der Waals surface area contributed by atoms with Crippen molar-refractivity contribution < 1.29 is 0 Å². The predicted molar refractivity (Wildman–Crippen MR) is 94.0 cm³/mol. The Balaban J connectivity index is 0.000000220. The first-order chi connectivity index (χ1) is 10.1. The number of aromatic nitrogens is 4. The van der Waals surface area contributed by atoms with Gasteiger partial charge in [-0.15, -0.1) is 0 Å². The Kier molecular flexibility index (Phi) is 5.63. The molecule has 6 heteroatoms. The summed E-state index contributed by atoms with van der Waals surface area (Å²) < 4.78 is 3.81. The third-order valence-electron chi connectivity index (χ3n) is 3.94. The number of hydrogen-bond acceptors (Lipinski definition) is 4. The van der Waals surface area contributed by atoms with Crippen LogP contribution in [0.1, 0.15) is 22.5 Å². The average Bonchev–Trinajstić information content (AvgIpc) is 2.81. The van der Waals surface area contributed by atoms with E-state index >= 15 is 0 Å². The van der Waals surface area contributed by atoms with Gasteiger partial charge in [-0.2, -0.15) is 10.2 Å². The van der Waals surface area contributed by atoms with Crippen molar-refractivity contribution in [3.63, 3.8) is 0 Å². The van der Waals surface area contributed by atoms with E-state index in [9.17, 15) is 0 Å². The summed E-state index contributed by atoms with van der Waals surface area (Å²) in [7, 11) is 12.0. The summed E-state index contributed by atoms with van der Waals surface area (Å²) in [5.41, 5.74) is 4.86. The molecule has 0 radical (unpaired) electrons. The minimum Gasteiger partial charge on any atom is -0.363 e. The zero-order chi connectivity index (χ0) is 17.2. The topological polar surface area (TPSA) is 42.1 Å². The van der Waals surface area contributed by atoms with E-state index in [4.69, 9.17) is 0 Å². The lowest BCUT2D eigenvalue weighted by atomic mass is 10.3. The van der Waals surface area contributed by atoms with Crippen LogP contribution in [0.4, 0.5) is 11.6 Å². The van der Waals surface area contributed by atoms with Crippen LogP contribution in [0.25, 0.3) is 0 Å². The average molecular weight is 306 g/mol. The van der Waals surface area contributed by atoms with Crippen LogP contribution in [-0.2, 0) is 14.1 Å². The molecule has 0 atom stereocenters. The Morgan fingerprint density at radius 2 is 1.27 bits per heavy atom. The molecular weight excluding hydrogens is 276 g/mol. The molecule has 2 aromatic rings. The van der Waals surface area contributed by atoms with E-state index in [1.54, 1.807) is 0 Å². The third-order valence-corrected chi connectivity index (χ3v) is 3.94. The zero-order valence-corrected chi connectivity index (χ0v) is 15.7. The quantitative estimate of drug-likeness (QED) is 0.853. The van der Waals surface area contributed by atoms with Crippen molar-refractivity contribution in [3.05, 3.63) is 22.5 Å². The van der Waals surface area contributed by atoms with Crippen LogP contribution in [0.3, 0.4) is 0 Å². The lowest BCUT2D eigenvalue weighted by molar-refractivity contribution is 0.735. The van der Waals surface area contributed by atoms with Crippen molar-refractivity contribution in [1.82, 2.24) is 19.6 Å². The normalized spacial score (nSPS) is 10.3. The smallest absolute Gasteiger partial charge is 0.153 e. The fourth-order valence-electron chi connectivity index (χ4n) is 2.50. The SMILES string of the molecule is Cc1c(N(C)C)nn(C)c1C.Cc1nn(C)c(N(C)C)c1C. The van der Waals surface area contributed by atoms with Gasteiger partial charge in [0.05, 0.1) is 5.69 Å². The van der Waals surface area contributed by atoms with Crippen LogP contribution >= 0.6 is 0 Å². The van der Waals surface area contributed by atoms with Gasteiger partial charge in [-0.05, 0) is 27.7 Å². The number of rotatable bonds is 2. The fourth-order valence-corrected chi connectivity index (χ4v) is 2.50. The van der Waals surface area contributed by atoms with Gasteiger partial charge in [-0.3, -0.25) is 9.36 Å². The lowest BCUT2D eigenvalue weighted by Crippen LogP contribution is -2.14. The second-order valence-electron chi connectivity index (χ2n) is 6.10. The van der Waals surface area contributed by atoms with Gasteiger partial charge in [0.15, 0.2) is 5.82 Å². The monoisotopic (exact) mass is 306 g/mol. The molecule has 2 heterocycles. The first-order valence-electron chi connectivity index (χ1n) is 7.42. The van der Waals surface area contributed by atoms with Gasteiger partial charge in [0.25, 0.3) is 0 Å². The van der Waals surface area contributed by atoms with Gasteiger partial charge < -0.3 is 9.80 Å². The van der Waals surface area contributed by atoms with E-state index in [-0.39, 0.29) is 0 Å². The van der Waals surface area contributed by atoms with Gasteiger partial charge in [-0.25, -0.2) is 0 Å². The Morgan fingerprint density at radius 3 is 1.45 bits per heavy atom. The van der Waals surface area contributed by atoms with E-state index in [0.29, 0.717) is 0 Å². The molecule has 2 aromatic heterocycles. The van der Waals surface area contributed by atoms with Gasteiger partial charge >= 0.3 is 0 Å². The highest BCUT2D eigenvalue weighted by Gasteiger charge is 2.09. The summed E-state index contributed by atoms with van der Waals surface area (Å²) in [5.74, 6) is 2.24. The van der Waals surface area contributed by atoms with Gasteiger partial charge in [0.2, 0.25) is 0 Å². The molecule has 0 saturated carbocycles. The Hall–Kier alpha value is -1.98. The summed E-state index contributed by atoms with van der Waals surface area (Å²) >= 11 is 0. The highest BCUT2D eigenvalue weighted by molar-refractivity contribution is 5.48. The molecule has 0 aliphatic rings. The van der Waals surface area contributed by atoms with Crippen molar-refractivity contribution in [1.29, 1.82) is 0 Å². The van der Waals surface area contributed by atoms with Gasteiger partial charge in [0.1, 0.15) is 5.82 Å². The molecule has 0 fully saturated rings. The second-order valence-corrected chi connectivity index (χ2v) is 6.10. The Labute approximate surface area is 134 Å². The highest BCUT2D eigenvalue weighted by Crippen LogP contribution is 2.19. The molecule has 0 aliphatic carbocycles. The van der Waals surface area contributed by atoms with Crippen LogP contribution in [-0.4, -0.2) is 47.8 Å². The number of nitrogens with zero attached hydrogens (tertiary/aromatic N) is 6. The van der Waals surface area contributed by atoms with E-state index in [1.165, 1.54) is 22.6 Å². The summed E-state index contributed by atoms with van der Waals surface area (Å²) in [6.45, 7) is 8.30. The molecule has 6 nitrogen and oxygen atoms in total. The predicted octanol–water partition coefficient (Wildman–Crippen LogP) is 2.21. The Morgan fingerprint density at radius 1 is 0.727 bits per heavy atom. The maximum absolute atomic E-state index is 4.35. The van der Waals surface area contributed by atoms with E-state index in [1.807, 2.05) is 63.5 Å². The molecule has 0 amide bonds. The van der Waals surface area contributed by atoms with Crippen LogP contribution in [0.5, 0.6) is 0 Å². The van der Waals surface area contributed by atoms with Crippen LogP contribution in [0.15, 0.2) is 0 Å². The number of aryl methyl sites for hydroxylation is 3. The van der Waals surface area contributed by atoms with Crippen LogP contribution < -0.4 is 9.80 Å². The maximum Gasteiger partial charge on any atom is 0.153 e. The zero-order valence-electron chi connectivity index (χ0n) is 15.7. The molecule has 0 saturated heterocycles. The molecule has 0 bridgehead atoms. The summed E-state index contributed by atoms with van der Waals surface area (Å²) in [5, 5.41) is 8.66. The summed E-state index contributed by atoms with van der Waals surface area (Å²) in [6, 6.07) is 0. The fraction of sp³-hybridized carbons (Fsp3) is 0.625. The first kappa shape index (κ1) is 18.1. The van der Waals surface area contributed by atoms with Crippen LogP contribution in [0, 0.1) is 27.7 Å². The molecule has 124 valence electrons. The summed E-state index contributed by atoms with van der Waals surface area (Å²) in [4.78, 5) is 4.11. The van der Waals surface area contributed by atoms with Gasteiger partial charge in [-0.1, -0.05) is 0 Å². The summed E-state index contributed by atoms with van der Waals surface area (Å²) in [6.07, 6.45) is 0. The van der Waals surface area contributed by atoms with E-state index in [2.05, 4.69) is 35.9 Å². The maximum atomic E-state index is 4.35. The molecule has 0 aromatic carbocycles. The van der Waals surface area contributed by atoms with Crippen LogP contribution in [0.2, 0.25) is 0 Å². The van der Waals surface area contributed by atoms with Crippen molar-refractivity contribution in [3.8, 4) is 0 Å². The molecule has 0 unspecified atom stereocenters. The first-order valence-corrected chi connectivity index (χ1v) is 7.42. The second kappa shape index (κ2) is 6.85. The van der Waals surface area contributed by atoms with Crippen molar-refractivity contribution in [2.24, 2.45) is 14.1 Å². The molecule has 0 N–H and O–H groups in total. The lowest BCUT2D eigenvalue weighted by Gasteiger charge is -2.13. The third kappa shape index (κ3) is 3.61.